The van der Waals surface area contributed by atoms with Gasteiger partial charge in [0.15, 0.2) is 0 Å². The standard InChI is InChI=1S/C12H15Br2NO3/c1-5-18-12(16)7-6-8(13)11(17-4)9(14)10(7)15(2)3/h6H,5H2,1-4H3. The highest BCUT2D eigenvalue weighted by Crippen LogP contribution is 2.42. The summed E-state index contributed by atoms with van der Waals surface area (Å²) in [6.07, 6.45) is 0. The fourth-order valence-corrected chi connectivity index (χ4v) is 3.38. The van der Waals surface area contributed by atoms with Gasteiger partial charge in [-0.25, -0.2) is 4.79 Å². The molecule has 0 aliphatic carbocycles. The van der Waals surface area contributed by atoms with Crippen LogP contribution in [0, 0.1) is 0 Å². The Morgan fingerprint density at radius 3 is 2.44 bits per heavy atom. The van der Waals surface area contributed by atoms with E-state index in [-0.39, 0.29) is 5.97 Å². The number of carbonyl (C=O) groups excluding carboxylic acids is 1. The second-order valence-corrected chi connectivity index (χ2v) is 5.36. The van der Waals surface area contributed by atoms with E-state index in [1.807, 2.05) is 19.0 Å². The molecule has 18 heavy (non-hydrogen) atoms. The van der Waals surface area contributed by atoms with Gasteiger partial charge in [0.05, 0.1) is 33.9 Å². The van der Waals surface area contributed by atoms with Crippen LogP contribution in [0.25, 0.3) is 0 Å². The smallest absolute Gasteiger partial charge is 0.340 e. The molecule has 0 aliphatic heterocycles. The summed E-state index contributed by atoms with van der Waals surface area (Å²) in [7, 11) is 5.29. The first kappa shape index (κ1) is 15.3. The van der Waals surface area contributed by atoms with Crippen LogP contribution in [0.1, 0.15) is 17.3 Å². The zero-order valence-corrected chi connectivity index (χ0v) is 13.9. The number of rotatable bonds is 4. The van der Waals surface area contributed by atoms with Crippen molar-refractivity contribution >= 4 is 43.5 Å². The molecule has 0 heterocycles. The minimum atomic E-state index is -0.356. The maximum atomic E-state index is 11.9. The monoisotopic (exact) mass is 379 g/mol. The van der Waals surface area contributed by atoms with Crippen LogP contribution in [0.5, 0.6) is 5.75 Å². The van der Waals surface area contributed by atoms with Crippen LogP contribution in [0.4, 0.5) is 5.69 Å². The van der Waals surface area contributed by atoms with Crippen LogP contribution in [0.15, 0.2) is 15.0 Å². The molecule has 1 aromatic carbocycles. The lowest BCUT2D eigenvalue weighted by Crippen LogP contribution is -2.17. The van der Waals surface area contributed by atoms with Gasteiger partial charge in [0.1, 0.15) is 5.75 Å². The Balaban J connectivity index is 3.46. The molecule has 0 aliphatic rings. The summed E-state index contributed by atoms with van der Waals surface area (Å²) >= 11 is 6.84. The van der Waals surface area contributed by atoms with E-state index in [0.29, 0.717) is 26.9 Å². The maximum Gasteiger partial charge on any atom is 0.340 e. The molecule has 0 aromatic heterocycles. The van der Waals surface area contributed by atoms with Gasteiger partial charge in [-0.05, 0) is 44.8 Å². The summed E-state index contributed by atoms with van der Waals surface area (Å²) in [5.41, 5.74) is 1.22. The number of anilines is 1. The summed E-state index contributed by atoms with van der Waals surface area (Å²) in [5.74, 6) is 0.289. The number of ether oxygens (including phenoxy) is 2. The average Bonchev–Trinajstić information content (AvgIpc) is 2.28. The molecule has 0 saturated carbocycles. The Bertz CT molecular complexity index is 461. The van der Waals surface area contributed by atoms with E-state index < -0.39 is 0 Å². The molecule has 0 N–H and O–H groups in total. The number of hydrogen-bond donors (Lipinski definition) is 0. The van der Waals surface area contributed by atoms with E-state index in [1.165, 1.54) is 0 Å². The topological polar surface area (TPSA) is 38.8 Å². The number of esters is 1. The van der Waals surface area contributed by atoms with Crippen molar-refractivity contribution in [2.75, 3.05) is 32.7 Å². The fourth-order valence-electron chi connectivity index (χ4n) is 1.58. The third kappa shape index (κ3) is 2.98. The average molecular weight is 381 g/mol. The molecule has 0 saturated heterocycles. The maximum absolute atomic E-state index is 11.9. The van der Waals surface area contributed by atoms with Gasteiger partial charge in [0, 0.05) is 14.1 Å². The predicted molar refractivity (Wildman–Crippen MR) is 78.7 cm³/mol. The van der Waals surface area contributed by atoms with Gasteiger partial charge in [0.25, 0.3) is 0 Å². The van der Waals surface area contributed by atoms with Gasteiger partial charge in [-0.15, -0.1) is 0 Å². The van der Waals surface area contributed by atoms with E-state index >= 15 is 0 Å². The second kappa shape index (κ2) is 6.43. The molecule has 0 fully saturated rings. The third-order valence-corrected chi connectivity index (χ3v) is 3.62. The lowest BCUT2D eigenvalue weighted by molar-refractivity contribution is 0.0527. The normalized spacial score (nSPS) is 10.1. The van der Waals surface area contributed by atoms with Crippen molar-refractivity contribution in [3.05, 3.63) is 20.6 Å². The Labute approximate surface area is 124 Å². The van der Waals surface area contributed by atoms with Crippen LogP contribution >= 0.6 is 31.9 Å². The molecule has 0 bridgehead atoms. The van der Waals surface area contributed by atoms with Crippen molar-refractivity contribution in [3.8, 4) is 5.75 Å². The molecule has 100 valence electrons. The fraction of sp³-hybridized carbons (Fsp3) is 0.417. The molecule has 1 rings (SSSR count). The largest absolute Gasteiger partial charge is 0.494 e. The van der Waals surface area contributed by atoms with Crippen molar-refractivity contribution < 1.29 is 14.3 Å². The van der Waals surface area contributed by atoms with Crippen molar-refractivity contribution in [2.45, 2.75) is 6.92 Å². The van der Waals surface area contributed by atoms with Crippen molar-refractivity contribution in [1.29, 1.82) is 0 Å². The summed E-state index contributed by atoms with van der Waals surface area (Å²) in [6.45, 7) is 2.12. The summed E-state index contributed by atoms with van der Waals surface area (Å²) < 4.78 is 11.8. The van der Waals surface area contributed by atoms with Crippen molar-refractivity contribution in [3.63, 3.8) is 0 Å². The molecule has 0 spiro atoms. The van der Waals surface area contributed by atoms with Crippen molar-refractivity contribution in [1.82, 2.24) is 0 Å². The van der Waals surface area contributed by atoms with E-state index in [9.17, 15) is 4.79 Å². The molecule has 0 unspecified atom stereocenters. The van der Waals surface area contributed by atoms with Gasteiger partial charge in [0.2, 0.25) is 0 Å². The third-order valence-electron chi connectivity index (χ3n) is 2.30. The number of nitrogens with zero attached hydrogens (tertiary/aromatic N) is 1. The summed E-state index contributed by atoms with van der Waals surface area (Å²) in [5, 5.41) is 0. The van der Waals surface area contributed by atoms with E-state index in [4.69, 9.17) is 9.47 Å². The zero-order valence-electron chi connectivity index (χ0n) is 10.7. The molecule has 4 nitrogen and oxygen atoms in total. The quantitative estimate of drug-likeness (QED) is 0.749. The highest BCUT2D eigenvalue weighted by Gasteiger charge is 2.22. The first-order valence-electron chi connectivity index (χ1n) is 5.34. The van der Waals surface area contributed by atoms with E-state index in [0.717, 1.165) is 5.69 Å². The molecule has 0 amide bonds. The lowest BCUT2D eigenvalue weighted by Gasteiger charge is -2.21. The number of halogens is 2. The highest BCUT2D eigenvalue weighted by molar-refractivity contribution is 9.11. The first-order chi connectivity index (χ1) is 8.43. The molecule has 1 aromatic rings. The SMILES string of the molecule is CCOC(=O)c1cc(Br)c(OC)c(Br)c1N(C)C. The molecular weight excluding hydrogens is 366 g/mol. The second-order valence-electron chi connectivity index (χ2n) is 3.72. The highest BCUT2D eigenvalue weighted by atomic mass is 79.9. The minimum Gasteiger partial charge on any atom is -0.494 e. The van der Waals surface area contributed by atoms with Crippen LogP contribution < -0.4 is 9.64 Å². The van der Waals surface area contributed by atoms with Crippen LogP contribution in [0.2, 0.25) is 0 Å². The molecule has 6 heteroatoms. The van der Waals surface area contributed by atoms with Gasteiger partial charge < -0.3 is 14.4 Å². The Morgan fingerprint density at radius 2 is 2.00 bits per heavy atom. The lowest BCUT2D eigenvalue weighted by atomic mass is 10.1. The van der Waals surface area contributed by atoms with Gasteiger partial charge in [-0.3, -0.25) is 0 Å². The van der Waals surface area contributed by atoms with Crippen LogP contribution in [-0.2, 0) is 4.74 Å². The Kier molecular flexibility index (Phi) is 5.47. The van der Waals surface area contributed by atoms with E-state index in [2.05, 4.69) is 31.9 Å². The van der Waals surface area contributed by atoms with Crippen molar-refractivity contribution in [2.24, 2.45) is 0 Å². The minimum absolute atomic E-state index is 0.340. The predicted octanol–water partition coefficient (Wildman–Crippen LogP) is 3.46. The summed E-state index contributed by atoms with van der Waals surface area (Å²) in [6, 6.07) is 1.71. The molecule has 0 radical (unpaired) electrons. The van der Waals surface area contributed by atoms with Crippen LogP contribution in [-0.4, -0.2) is 33.8 Å². The summed E-state index contributed by atoms with van der Waals surface area (Å²) in [4.78, 5) is 13.8. The Hall–Kier alpha value is -0.750. The zero-order chi connectivity index (χ0) is 13.9. The Morgan fingerprint density at radius 1 is 1.39 bits per heavy atom. The van der Waals surface area contributed by atoms with Gasteiger partial charge >= 0.3 is 5.97 Å². The molecular formula is C12H15Br2NO3. The number of carbonyl (C=O) groups is 1. The molecule has 0 atom stereocenters. The van der Waals surface area contributed by atoms with Crippen LogP contribution in [0.3, 0.4) is 0 Å². The number of hydrogen-bond acceptors (Lipinski definition) is 4. The number of methoxy groups -OCH3 is 1. The van der Waals surface area contributed by atoms with Gasteiger partial charge in [-0.1, -0.05) is 0 Å². The number of benzene rings is 1. The van der Waals surface area contributed by atoms with Gasteiger partial charge in [-0.2, -0.15) is 0 Å². The first-order valence-corrected chi connectivity index (χ1v) is 6.93. The van der Waals surface area contributed by atoms with E-state index in [1.54, 1.807) is 20.1 Å².